The topological polar surface area (TPSA) is 41.6 Å². The van der Waals surface area contributed by atoms with E-state index in [-0.39, 0.29) is 17.9 Å². The molecule has 4 heteroatoms. The molecule has 4 nitrogen and oxygen atoms in total. The van der Waals surface area contributed by atoms with Crippen LogP contribution in [-0.2, 0) is 9.53 Å². The Bertz CT molecular complexity index is 304. The van der Waals surface area contributed by atoms with E-state index in [9.17, 15) is 4.79 Å². The molecule has 0 aromatic carbocycles. The summed E-state index contributed by atoms with van der Waals surface area (Å²) in [6, 6.07) is 0. The maximum Gasteiger partial charge on any atom is 0.222 e. The molecular formula is C13H22N2O2. The number of morpholine rings is 1. The van der Waals surface area contributed by atoms with Gasteiger partial charge >= 0.3 is 0 Å². The third-order valence-corrected chi connectivity index (χ3v) is 2.73. The molecule has 1 atom stereocenters. The van der Waals surface area contributed by atoms with Gasteiger partial charge in [-0.15, -0.1) is 5.92 Å². The second-order valence-electron chi connectivity index (χ2n) is 4.55. The van der Waals surface area contributed by atoms with Crippen LogP contribution in [0.4, 0.5) is 0 Å². The number of amides is 1. The standard InChI is InChI=1S/C13H22N2O2/c1-4-5-6-15-7-8-17-12(10-15)9-14-13(16)11(2)3/h11-12H,6-10H2,1-3H3,(H,14,16). The van der Waals surface area contributed by atoms with Gasteiger partial charge in [-0.25, -0.2) is 0 Å². The van der Waals surface area contributed by atoms with Gasteiger partial charge in [-0.05, 0) is 6.92 Å². The molecule has 0 bridgehead atoms. The lowest BCUT2D eigenvalue weighted by Crippen LogP contribution is -2.48. The number of hydrogen-bond donors (Lipinski definition) is 1. The van der Waals surface area contributed by atoms with Crippen LogP contribution in [0.15, 0.2) is 0 Å². The summed E-state index contributed by atoms with van der Waals surface area (Å²) in [7, 11) is 0. The summed E-state index contributed by atoms with van der Waals surface area (Å²) in [6.45, 7) is 9.48. The van der Waals surface area contributed by atoms with Gasteiger partial charge in [0.2, 0.25) is 5.91 Å². The van der Waals surface area contributed by atoms with Crippen LogP contribution in [0.1, 0.15) is 20.8 Å². The van der Waals surface area contributed by atoms with Gasteiger partial charge in [0, 0.05) is 25.6 Å². The Morgan fingerprint density at radius 1 is 1.59 bits per heavy atom. The summed E-state index contributed by atoms with van der Waals surface area (Å²) < 4.78 is 5.61. The smallest absolute Gasteiger partial charge is 0.222 e. The molecule has 0 spiro atoms. The number of carbonyl (C=O) groups is 1. The molecule has 96 valence electrons. The van der Waals surface area contributed by atoms with E-state index in [2.05, 4.69) is 22.1 Å². The first-order valence-corrected chi connectivity index (χ1v) is 6.14. The first-order valence-electron chi connectivity index (χ1n) is 6.14. The fourth-order valence-electron chi connectivity index (χ4n) is 1.66. The zero-order valence-corrected chi connectivity index (χ0v) is 11.0. The number of ether oxygens (including phenoxy) is 1. The highest BCUT2D eigenvalue weighted by Crippen LogP contribution is 2.04. The minimum atomic E-state index is 0.0284. The maximum atomic E-state index is 11.4. The average molecular weight is 238 g/mol. The van der Waals surface area contributed by atoms with E-state index in [1.54, 1.807) is 0 Å². The summed E-state index contributed by atoms with van der Waals surface area (Å²) in [5, 5.41) is 2.90. The number of rotatable bonds is 4. The number of nitrogens with zero attached hydrogens (tertiary/aromatic N) is 1. The van der Waals surface area contributed by atoms with Gasteiger partial charge < -0.3 is 10.1 Å². The van der Waals surface area contributed by atoms with Crippen molar-refractivity contribution < 1.29 is 9.53 Å². The van der Waals surface area contributed by atoms with Crippen molar-refractivity contribution in [3.63, 3.8) is 0 Å². The fourth-order valence-corrected chi connectivity index (χ4v) is 1.66. The van der Waals surface area contributed by atoms with E-state index in [1.165, 1.54) is 0 Å². The Morgan fingerprint density at radius 2 is 2.35 bits per heavy atom. The molecule has 1 aliphatic heterocycles. The predicted molar refractivity (Wildman–Crippen MR) is 67.5 cm³/mol. The van der Waals surface area contributed by atoms with Gasteiger partial charge in [0.05, 0.1) is 19.3 Å². The highest BCUT2D eigenvalue weighted by atomic mass is 16.5. The third kappa shape index (κ3) is 5.20. The summed E-state index contributed by atoms with van der Waals surface area (Å²) in [6.07, 6.45) is 0.0881. The molecular weight excluding hydrogens is 216 g/mol. The van der Waals surface area contributed by atoms with Crippen molar-refractivity contribution in [3.8, 4) is 11.8 Å². The Morgan fingerprint density at radius 3 is 3.00 bits per heavy atom. The summed E-state index contributed by atoms with van der Waals surface area (Å²) in [5.41, 5.74) is 0. The molecule has 0 aliphatic carbocycles. The largest absolute Gasteiger partial charge is 0.374 e. The molecule has 1 heterocycles. The molecule has 1 fully saturated rings. The lowest BCUT2D eigenvalue weighted by Gasteiger charge is -2.31. The van der Waals surface area contributed by atoms with Crippen molar-refractivity contribution in [2.45, 2.75) is 26.9 Å². The Labute approximate surface area is 104 Å². The zero-order chi connectivity index (χ0) is 12.7. The van der Waals surface area contributed by atoms with Crippen LogP contribution in [0.3, 0.4) is 0 Å². The minimum Gasteiger partial charge on any atom is -0.374 e. The number of carbonyl (C=O) groups excluding carboxylic acids is 1. The van der Waals surface area contributed by atoms with Gasteiger partial charge in [-0.1, -0.05) is 19.8 Å². The Kier molecular flexibility index (Phi) is 6.03. The maximum absolute atomic E-state index is 11.4. The van der Waals surface area contributed by atoms with Crippen LogP contribution in [-0.4, -0.2) is 49.7 Å². The van der Waals surface area contributed by atoms with Gasteiger partial charge in [0.15, 0.2) is 0 Å². The molecule has 0 saturated carbocycles. The number of hydrogen-bond acceptors (Lipinski definition) is 3. The number of nitrogens with one attached hydrogen (secondary N) is 1. The minimum absolute atomic E-state index is 0.0284. The van der Waals surface area contributed by atoms with Crippen LogP contribution < -0.4 is 5.32 Å². The van der Waals surface area contributed by atoms with Crippen LogP contribution in [0.2, 0.25) is 0 Å². The molecule has 0 aromatic rings. The second-order valence-corrected chi connectivity index (χ2v) is 4.55. The first kappa shape index (κ1) is 14.0. The van der Waals surface area contributed by atoms with Crippen molar-refractivity contribution in [2.24, 2.45) is 5.92 Å². The molecule has 1 aliphatic rings. The quantitative estimate of drug-likeness (QED) is 0.724. The summed E-state index contributed by atoms with van der Waals surface area (Å²) in [4.78, 5) is 13.7. The molecule has 1 rings (SSSR count). The van der Waals surface area contributed by atoms with Gasteiger partial charge in [0.1, 0.15) is 0 Å². The van der Waals surface area contributed by atoms with E-state index in [4.69, 9.17) is 4.74 Å². The molecule has 1 unspecified atom stereocenters. The van der Waals surface area contributed by atoms with Crippen LogP contribution in [0.25, 0.3) is 0 Å². The summed E-state index contributed by atoms with van der Waals surface area (Å²) >= 11 is 0. The van der Waals surface area contributed by atoms with Gasteiger partial charge in [-0.3, -0.25) is 9.69 Å². The van der Waals surface area contributed by atoms with Crippen molar-refractivity contribution in [2.75, 3.05) is 32.8 Å². The second kappa shape index (κ2) is 7.31. The van der Waals surface area contributed by atoms with E-state index >= 15 is 0 Å². The van der Waals surface area contributed by atoms with Gasteiger partial charge in [-0.2, -0.15) is 0 Å². The van der Waals surface area contributed by atoms with Crippen molar-refractivity contribution in [1.29, 1.82) is 0 Å². The fraction of sp³-hybridized carbons (Fsp3) is 0.769. The first-order chi connectivity index (χ1) is 8.13. The Balaban J connectivity index is 2.28. The molecule has 1 saturated heterocycles. The van der Waals surface area contributed by atoms with E-state index < -0.39 is 0 Å². The monoisotopic (exact) mass is 238 g/mol. The molecule has 0 radical (unpaired) electrons. The van der Waals surface area contributed by atoms with Crippen molar-refractivity contribution >= 4 is 5.91 Å². The molecule has 1 amide bonds. The summed E-state index contributed by atoms with van der Waals surface area (Å²) in [5.74, 6) is 6.06. The van der Waals surface area contributed by atoms with Gasteiger partial charge in [0.25, 0.3) is 0 Å². The lowest BCUT2D eigenvalue weighted by atomic mass is 10.2. The highest BCUT2D eigenvalue weighted by Gasteiger charge is 2.20. The molecule has 17 heavy (non-hydrogen) atoms. The van der Waals surface area contributed by atoms with Crippen molar-refractivity contribution in [3.05, 3.63) is 0 Å². The predicted octanol–water partition coefficient (Wildman–Crippen LogP) is 0.483. The molecule has 0 aromatic heterocycles. The Hall–Kier alpha value is -1.05. The zero-order valence-electron chi connectivity index (χ0n) is 11.0. The van der Waals surface area contributed by atoms with E-state index in [1.807, 2.05) is 20.8 Å². The van der Waals surface area contributed by atoms with E-state index in [0.29, 0.717) is 13.2 Å². The lowest BCUT2D eigenvalue weighted by molar-refractivity contribution is -0.125. The van der Waals surface area contributed by atoms with Crippen LogP contribution >= 0.6 is 0 Å². The normalized spacial score (nSPS) is 20.8. The SMILES string of the molecule is CC#CCN1CCOC(CNC(=O)C(C)C)C1. The van der Waals surface area contributed by atoms with Crippen molar-refractivity contribution in [1.82, 2.24) is 10.2 Å². The van der Waals surface area contributed by atoms with E-state index in [0.717, 1.165) is 19.6 Å². The molecule has 1 N–H and O–H groups in total. The highest BCUT2D eigenvalue weighted by molar-refractivity contribution is 5.77. The third-order valence-electron chi connectivity index (χ3n) is 2.73. The average Bonchev–Trinajstić information content (AvgIpc) is 2.33. The van der Waals surface area contributed by atoms with Crippen LogP contribution in [0, 0.1) is 17.8 Å². The van der Waals surface area contributed by atoms with Crippen LogP contribution in [0.5, 0.6) is 0 Å².